The number of nitrogens with one attached hydrogen (secondary N) is 1. The van der Waals surface area contributed by atoms with Crippen molar-refractivity contribution in [1.29, 1.82) is 0 Å². The van der Waals surface area contributed by atoms with Crippen molar-refractivity contribution in [1.82, 2.24) is 34.7 Å². The van der Waals surface area contributed by atoms with Crippen molar-refractivity contribution >= 4 is 51.5 Å². The maximum absolute atomic E-state index is 16.6. The highest BCUT2D eigenvalue weighted by Crippen LogP contribution is 2.43. The Labute approximate surface area is 357 Å². The van der Waals surface area contributed by atoms with Crippen LogP contribution in [0.25, 0.3) is 27.6 Å². The molecule has 4 fully saturated rings. The number of imide groups is 1. The van der Waals surface area contributed by atoms with Crippen LogP contribution in [0.15, 0.2) is 73.1 Å². The van der Waals surface area contributed by atoms with Crippen LogP contribution in [0.1, 0.15) is 66.1 Å². The number of nitrogens with zero attached hydrogens (tertiary/aromatic N) is 8. The molecule has 3 saturated heterocycles. The molecule has 1 N–H and O–H groups in total. The Hall–Kier alpha value is -6.38. The number of hydrogen-bond donors (Lipinski definition) is 1. The number of amides is 4. The van der Waals surface area contributed by atoms with E-state index in [1.54, 1.807) is 54.3 Å². The number of aryl methyl sites for hydroxylation is 1. The van der Waals surface area contributed by atoms with Crippen molar-refractivity contribution in [2.24, 2.45) is 11.8 Å². The lowest BCUT2D eigenvalue weighted by atomic mass is 9.88. The van der Waals surface area contributed by atoms with E-state index in [1.807, 2.05) is 39.0 Å². The fourth-order valence-electron chi connectivity index (χ4n) is 9.92. The van der Waals surface area contributed by atoms with E-state index >= 15 is 8.78 Å². The van der Waals surface area contributed by atoms with Gasteiger partial charge in [-0.25, -0.2) is 8.78 Å². The summed E-state index contributed by atoms with van der Waals surface area (Å²) in [4.78, 5) is 58.6. The van der Waals surface area contributed by atoms with Gasteiger partial charge >= 0.3 is 0 Å². The average Bonchev–Trinajstić information content (AvgIpc) is 3.61. The third-order valence-corrected chi connectivity index (χ3v) is 13.4. The summed E-state index contributed by atoms with van der Waals surface area (Å²) in [6.45, 7) is 4.12. The van der Waals surface area contributed by atoms with Crippen molar-refractivity contribution in [2.75, 3.05) is 56.6 Å². The zero-order valence-electron chi connectivity index (χ0n) is 34.9. The Bertz CT molecular complexity index is 2650. The van der Waals surface area contributed by atoms with Crippen molar-refractivity contribution in [3.8, 4) is 11.1 Å². The highest BCUT2D eigenvalue weighted by atomic mass is 19.1. The van der Waals surface area contributed by atoms with Gasteiger partial charge in [-0.05, 0) is 90.8 Å². The first-order valence-corrected chi connectivity index (χ1v) is 21.6. The number of rotatable bonds is 11. The van der Waals surface area contributed by atoms with Crippen LogP contribution in [-0.4, -0.2) is 106 Å². The summed E-state index contributed by atoms with van der Waals surface area (Å²) in [7, 11) is 3.45. The molecule has 1 aliphatic carbocycles. The highest BCUT2D eigenvalue weighted by Gasteiger charge is 2.47. The Morgan fingerprint density at radius 3 is 2.50 bits per heavy atom. The fourth-order valence-corrected chi connectivity index (χ4v) is 9.92. The van der Waals surface area contributed by atoms with Gasteiger partial charge in [-0.15, -0.1) is 5.10 Å². The molecule has 1 unspecified atom stereocenters. The van der Waals surface area contributed by atoms with Crippen LogP contribution < -0.4 is 15.1 Å². The summed E-state index contributed by atoms with van der Waals surface area (Å²) in [6.07, 6.45) is 9.43. The van der Waals surface area contributed by atoms with Gasteiger partial charge in [0.25, 0.3) is 5.91 Å². The molecular weight excluding hydrogens is 793 g/mol. The molecule has 320 valence electrons. The lowest BCUT2D eigenvalue weighted by molar-refractivity contribution is -0.134. The van der Waals surface area contributed by atoms with Crippen molar-refractivity contribution in [3.63, 3.8) is 0 Å². The van der Waals surface area contributed by atoms with Crippen LogP contribution in [-0.2, 0) is 27.5 Å². The first kappa shape index (κ1) is 39.7. The minimum atomic E-state index is -0.565. The van der Waals surface area contributed by atoms with Crippen molar-refractivity contribution in [2.45, 2.75) is 63.6 Å². The van der Waals surface area contributed by atoms with E-state index in [4.69, 9.17) is 0 Å². The molecule has 15 heteroatoms. The van der Waals surface area contributed by atoms with Crippen LogP contribution in [0.2, 0.25) is 0 Å². The number of aromatic nitrogens is 4. The molecule has 4 amide bonds. The molecule has 3 aromatic carbocycles. The average molecular weight is 842 g/mol. The number of hydrogen-bond acceptors (Lipinski definition) is 8. The van der Waals surface area contributed by atoms with Gasteiger partial charge in [0, 0.05) is 101 Å². The lowest BCUT2D eigenvalue weighted by Crippen LogP contribution is -2.56. The maximum atomic E-state index is 16.6. The normalized spacial score (nSPS) is 21.2. The van der Waals surface area contributed by atoms with Crippen molar-refractivity contribution < 1.29 is 28.0 Å². The first-order chi connectivity index (χ1) is 30.0. The van der Waals surface area contributed by atoms with Gasteiger partial charge in [-0.2, -0.15) is 0 Å². The molecule has 2 aromatic heterocycles. The largest absolute Gasteiger partial charge is 0.367 e. The second-order valence-electron chi connectivity index (χ2n) is 17.8. The van der Waals surface area contributed by atoms with Crippen LogP contribution in [0, 0.1) is 23.5 Å². The SMILES string of the molecule is CN(C)C(=O)c1cc(-c2ccc(N3C[C@H]4CN(c5ccc(C6CCC(=O)NC6=O)cc5F)[C@H]4C3)c(F)c2)c2c(c1)cc(C1=CCCN(C(=O)CCn3ccnn3)C1)n2CC1CC1. The van der Waals surface area contributed by atoms with E-state index in [0.29, 0.717) is 86.1 Å². The quantitative estimate of drug-likeness (QED) is 0.165. The standard InChI is InChI=1S/C47H49F2N9O4/c1-53(2)47(62)33-18-32-22-41(31-4-3-15-54(24-31)44(60)13-16-56-17-14-50-52-56)58(23-28-5-6-28)45(32)36(19-33)30-7-10-39(37(48)21-30)55-25-34-26-57(42(34)27-55)40-11-8-29(20-38(40)49)35-9-12-43(59)51-46(35)61/h4,7-8,10-11,14,17-22,28,34-35,42H,3,5-6,9,12-13,15-16,23-27H2,1-2H3,(H,51,59,61)/t34-,35?,42-/m0/s1. The lowest BCUT2D eigenvalue weighted by Gasteiger charge is -2.45. The molecule has 6 heterocycles. The zero-order chi connectivity index (χ0) is 42.8. The first-order valence-electron chi connectivity index (χ1n) is 21.6. The number of benzene rings is 3. The molecular formula is C47H49F2N9O4. The molecule has 13 nitrogen and oxygen atoms in total. The van der Waals surface area contributed by atoms with Gasteiger partial charge in [0.15, 0.2) is 0 Å². The van der Waals surface area contributed by atoms with Crippen LogP contribution in [0.3, 0.4) is 0 Å². The van der Waals surface area contributed by atoms with E-state index in [2.05, 4.69) is 32.3 Å². The van der Waals surface area contributed by atoms with E-state index in [0.717, 1.165) is 53.5 Å². The molecule has 10 rings (SSSR count). The predicted octanol–water partition coefficient (Wildman–Crippen LogP) is 5.84. The van der Waals surface area contributed by atoms with Gasteiger partial charge in [-0.3, -0.25) is 29.2 Å². The number of carbonyl (C=O) groups excluding carboxylic acids is 4. The molecule has 5 aliphatic rings. The maximum Gasteiger partial charge on any atom is 0.253 e. The van der Waals surface area contributed by atoms with Gasteiger partial charge in [0.2, 0.25) is 17.7 Å². The van der Waals surface area contributed by atoms with Crippen LogP contribution >= 0.6 is 0 Å². The second kappa shape index (κ2) is 15.8. The molecule has 62 heavy (non-hydrogen) atoms. The number of piperidine rings is 1. The summed E-state index contributed by atoms with van der Waals surface area (Å²) in [5, 5.41) is 11.1. The summed E-state index contributed by atoms with van der Waals surface area (Å²) >= 11 is 0. The van der Waals surface area contributed by atoms with E-state index in [9.17, 15) is 19.2 Å². The number of carbonyl (C=O) groups is 4. The summed E-state index contributed by atoms with van der Waals surface area (Å²) in [5.74, 6) is -1.42. The van der Waals surface area contributed by atoms with Gasteiger partial charge in [-0.1, -0.05) is 23.4 Å². The highest BCUT2D eigenvalue weighted by molar-refractivity contribution is 6.05. The van der Waals surface area contributed by atoms with Gasteiger partial charge < -0.3 is 24.2 Å². The Kier molecular flexibility index (Phi) is 10.1. The van der Waals surface area contributed by atoms with Crippen LogP contribution in [0.4, 0.5) is 20.2 Å². The molecule has 5 aromatic rings. The Balaban J connectivity index is 0.927. The Morgan fingerprint density at radius 1 is 0.935 bits per heavy atom. The molecule has 1 saturated carbocycles. The minimum absolute atomic E-state index is 0.00324. The van der Waals surface area contributed by atoms with E-state index < -0.39 is 17.6 Å². The minimum Gasteiger partial charge on any atom is -0.367 e. The molecule has 4 aliphatic heterocycles. The number of fused-ring (bicyclic) bond motifs is 2. The summed E-state index contributed by atoms with van der Waals surface area (Å²) in [5.41, 5.74) is 6.42. The smallest absolute Gasteiger partial charge is 0.253 e. The van der Waals surface area contributed by atoms with E-state index in [-0.39, 0.29) is 41.9 Å². The number of anilines is 2. The third kappa shape index (κ3) is 7.40. The number of halogens is 2. The molecule has 0 radical (unpaired) electrons. The monoisotopic (exact) mass is 841 g/mol. The van der Waals surface area contributed by atoms with Gasteiger partial charge in [0.05, 0.1) is 41.6 Å². The summed E-state index contributed by atoms with van der Waals surface area (Å²) < 4.78 is 36.2. The molecule has 0 bridgehead atoms. The summed E-state index contributed by atoms with van der Waals surface area (Å²) in [6, 6.07) is 16.2. The third-order valence-electron chi connectivity index (χ3n) is 13.4. The molecule has 0 spiro atoms. The topological polar surface area (TPSA) is 129 Å². The fraction of sp³-hybridized carbons (Fsp3) is 0.404. The van der Waals surface area contributed by atoms with E-state index in [1.165, 1.54) is 6.07 Å². The molecule has 3 atom stereocenters. The van der Waals surface area contributed by atoms with Crippen molar-refractivity contribution in [3.05, 3.63) is 102 Å². The van der Waals surface area contributed by atoms with Crippen LogP contribution in [0.5, 0.6) is 0 Å². The Morgan fingerprint density at radius 2 is 1.76 bits per heavy atom. The predicted molar refractivity (Wildman–Crippen MR) is 230 cm³/mol. The van der Waals surface area contributed by atoms with Gasteiger partial charge in [0.1, 0.15) is 11.6 Å². The second-order valence-corrected chi connectivity index (χ2v) is 17.8. The zero-order valence-corrected chi connectivity index (χ0v) is 34.9.